The molecule has 0 unspecified atom stereocenters. The van der Waals surface area contributed by atoms with E-state index in [1.807, 2.05) is 6.92 Å². The van der Waals surface area contributed by atoms with Crippen LogP contribution in [0.2, 0.25) is 0 Å². The van der Waals surface area contributed by atoms with Gasteiger partial charge in [0.2, 0.25) is 0 Å². The number of hydrogen-bond acceptors (Lipinski definition) is 4. The first-order valence-corrected chi connectivity index (χ1v) is 5.21. The second-order valence-corrected chi connectivity index (χ2v) is 3.57. The fraction of sp³-hybridized carbons (Fsp3) is 0.182. The zero-order chi connectivity index (χ0) is 12.4. The van der Waals surface area contributed by atoms with Gasteiger partial charge in [-0.15, -0.1) is 0 Å². The molecule has 2 aromatic rings. The first kappa shape index (κ1) is 11.1. The number of anilines is 1. The summed E-state index contributed by atoms with van der Waals surface area (Å²) in [6.07, 6.45) is 0.705. The van der Waals surface area contributed by atoms with Gasteiger partial charge in [-0.2, -0.15) is 5.10 Å². The average Bonchev–Trinajstić information content (AvgIpc) is 2.70. The monoisotopic (exact) mass is 232 g/mol. The summed E-state index contributed by atoms with van der Waals surface area (Å²) in [6, 6.07) is 8.19. The van der Waals surface area contributed by atoms with Crippen LogP contribution < -0.4 is 5.73 Å². The summed E-state index contributed by atoms with van der Waals surface area (Å²) in [5.74, 6) is 0.361. The van der Waals surface area contributed by atoms with Gasteiger partial charge in [0.15, 0.2) is 0 Å². The Morgan fingerprint density at radius 2 is 2.18 bits per heavy atom. The van der Waals surface area contributed by atoms with Crippen LogP contribution in [0.1, 0.15) is 12.6 Å². The number of benzene rings is 1. The van der Waals surface area contributed by atoms with Crippen molar-refractivity contribution in [3.63, 3.8) is 0 Å². The topological polar surface area (TPSA) is 87.0 Å². The summed E-state index contributed by atoms with van der Waals surface area (Å²) in [5, 5.41) is 15.0. The number of nitro benzene ring substituents is 1. The molecule has 0 amide bonds. The van der Waals surface area contributed by atoms with E-state index in [-0.39, 0.29) is 5.69 Å². The molecule has 2 rings (SSSR count). The Bertz CT molecular complexity index is 562. The predicted octanol–water partition coefficient (Wildman–Crippen LogP) is 1.93. The lowest BCUT2D eigenvalue weighted by atomic mass is 10.2. The molecule has 0 saturated carbocycles. The smallest absolute Gasteiger partial charge is 0.294 e. The van der Waals surface area contributed by atoms with Crippen LogP contribution in [0.4, 0.5) is 11.5 Å². The second kappa shape index (κ2) is 4.25. The van der Waals surface area contributed by atoms with E-state index in [2.05, 4.69) is 5.10 Å². The standard InChI is InChI=1S/C11H12N4O2/c1-2-8-7-11(12)13-14(8)9-5-3-4-6-10(9)15(16)17/h3-7H,2H2,1H3,(H2,12,13). The van der Waals surface area contributed by atoms with Gasteiger partial charge in [-0.25, -0.2) is 4.68 Å². The number of hydrogen-bond donors (Lipinski definition) is 1. The molecule has 6 heteroatoms. The SMILES string of the molecule is CCc1cc(N)nn1-c1ccccc1[N+](=O)[O-]. The quantitative estimate of drug-likeness (QED) is 0.647. The van der Waals surface area contributed by atoms with Crippen molar-refractivity contribution < 1.29 is 4.92 Å². The first-order chi connectivity index (χ1) is 8.13. The molecule has 1 heterocycles. The summed E-state index contributed by atoms with van der Waals surface area (Å²) < 4.78 is 1.52. The van der Waals surface area contributed by atoms with Crippen LogP contribution in [0.15, 0.2) is 30.3 Å². The van der Waals surface area contributed by atoms with Gasteiger partial charge in [0.25, 0.3) is 5.69 Å². The molecule has 6 nitrogen and oxygen atoms in total. The van der Waals surface area contributed by atoms with Crippen LogP contribution in [0.5, 0.6) is 0 Å². The largest absolute Gasteiger partial charge is 0.382 e. The van der Waals surface area contributed by atoms with E-state index in [4.69, 9.17) is 5.73 Å². The van der Waals surface area contributed by atoms with Crippen molar-refractivity contribution in [3.8, 4) is 5.69 Å². The van der Waals surface area contributed by atoms with Gasteiger partial charge in [-0.3, -0.25) is 10.1 Å². The van der Waals surface area contributed by atoms with Gasteiger partial charge in [0, 0.05) is 17.8 Å². The van der Waals surface area contributed by atoms with E-state index in [1.165, 1.54) is 10.7 Å². The molecule has 0 bridgehead atoms. The molecule has 0 radical (unpaired) electrons. The highest BCUT2D eigenvalue weighted by atomic mass is 16.6. The van der Waals surface area contributed by atoms with Gasteiger partial charge in [0.1, 0.15) is 11.5 Å². The van der Waals surface area contributed by atoms with Crippen LogP contribution in [-0.4, -0.2) is 14.7 Å². The normalized spacial score (nSPS) is 10.4. The molecule has 1 aromatic heterocycles. The number of nitrogens with zero attached hydrogens (tertiary/aromatic N) is 3. The summed E-state index contributed by atoms with van der Waals surface area (Å²) in [7, 11) is 0. The number of para-hydroxylation sites is 2. The van der Waals surface area contributed by atoms with Crippen LogP contribution in [0.3, 0.4) is 0 Å². The van der Waals surface area contributed by atoms with E-state index in [1.54, 1.807) is 24.3 Å². The maximum absolute atomic E-state index is 10.9. The number of nitro groups is 1. The Kier molecular flexibility index (Phi) is 2.78. The summed E-state index contributed by atoms with van der Waals surface area (Å²) in [4.78, 5) is 10.5. The lowest BCUT2D eigenvalue weighted by Crippen LogP contribution is -2.05. The average molecular weight is 232 g/mol. The minimum atomic E-state index is -0.424. The molecule has 0 saturated heterocycles. The Morgan fingerprint density at radius 3 is 2.82 bits per heavy atom. The van der Waals surface area contributed by atoms with E-state index < -0.39 is 4.92 Å². The minimum Gasteiger partial charge on any atom is -0.382 e. The first-order valence-electron chi connectivity index (χ1n) is 5.21. The van der Waals surface area contributed by atoms with Crippen LogP contribution in [0, 0.1) is 10.1 Å². The highest BCUT2D eigenvalue weighted by Crippen LogP contribution is 2.24. The van der Waals surface area contributed by atoms with Gasteiger partial charge >= 0.3 is 0 Å². The molecule has 0 fully saturated rings. The van der Waals surface area contributed by atoms with E-state index in [0.29, 0.717) is 17.9 Å². The maximum atomic E-state index is 10.9. The van der Waals surface area contributed by atoms with Crippen molar-refractivity contribution in [1.82, 2.24) is 9.78 Å². The number of rotatable bonds is 3. The molecule has 0 aliphatic rings. The molecule has 88 valence electrons. The van der Waals surface area contributed by atoms with Crippen molar-refractivity contribution in [2.45, 2.75) is 13.3 Å². The molecule has 0 aliphatic heterocycles. The Morgan fingerprint density at radius 1 is 1.47 bits per heavy atom. The number of nitrogens with two attached hydrogens (primary N) is 1. The zero-order valence-corrected chi connectivity index (χ0v) is 9.33. The molecule has 2 N–H and O–H groups in total. The van der Waals surface area contributed by atoms with Crippen molar-refractivity contribution in [2.24, 2.45) is 0 Å². The van der Waals surface area contributed by atoms with Crippen molar-refractivity contribution >= 4 is 11.5 Å². The fourth-order valence-corrected chi connectivity index (χ4v) is 1.70. The predicted molar refractivity (Wildman–Crippen MR) is 64.0 cm³/mol. The third kappa shape index (κ3) is 1.96. The van der Waals surface area contributed by atoms with Crippen LogP contribution >= 0.6 is 0 Å². The maximum Gasteiger partial charge on any atom is 0.294 e. The van der Waals surface area contributed by atoms with E-state index in [0.717, 1.165) is 5.69 Å². The third-order valence-corrected chi connectivity index (χ3v) is 2.47. The number of nitrogen functional groups attached to an aromatic ring is 1. The van der Waals surface area contributed by atoms with Gasteiger partial charge in [0.05, 0.1) is 4.92 Å². The molecule has 0 atom stereocenters. The summed E-state index contributed by atoms with van der Waals surface area (Å²) >= 11 is 0. The highest BCUT2D eigenvalue weighted by molar-refractivity contribution is 5.53. The van der Waals surface area contributed by atoms with E-state index >= 15 is 0 Å². The lowest BCUT2D eigenvalue weighted by Gasteiger charge is -2.05. The lowest BCUT2D eigenvalue weighted by molar-refractivity contribution is -0.384. The highest BCUT2D eigenvalue weighted by Gasteiger charge is 2.17. The summed E-state index contributed by atoms with van der Waals surface area (Å²) in [6.45, 7) is 1.95. The molecule has 0 spiro atoms. The fourth-order valence-electron chi connectivity index (χ4n) is 1.70. The number of aryl methyl sites for hydroxylation is 1. The Labute approximate surface area is 97.8 Å². The second-order valence-electron chi connectivity index (χ2n) is 3.57. The zero-order valence-electron chi connectivity index (χ0n) is 9.33. The molecule has 0 aliphatic carbocycles. The minimum absolute atomic E-state index is 0.0188. The van der Waals surface area contributed by atoms with Crippen LogP contribution in [-0.2, 0) is 6.42 Å². The van der Waals surface area contributed by atoms with Crippen LogP contribution in [0.25, 0.3) is 5.69 Å². The third-order valence-electron chi connectivity index (χ3n) is 2.47. The summed E-state index contributed by atoms with van der Waals surface area (Å²) in [5.41, 5.74) is 6.92. The molecular formula is C11H12N4O2. The van der Waals surface area contributed by atoms with Crippen molar-refractivity contribution in [1.29, 1.82) is 0 Å². The molecular weight excluding hydrogens is 220 g/mol. The van der Waals surface area contributed by atoms with Crippen molar-refractivity contribution in [2.75, 3.05) is 5.73 Å². The van der Waals surface area contributed by atoms with Gasteiger partial charge in [-0.1, -0.05) is 19.1 Å². The molecule has 17 heavy (non-hydrogen) atoms. The molecule has 1 aromatic carbocycles. The van der Waals surface area contributed by atoms with Crippen molar-refractivity contribution in [3.05, 3.63) is 46.1 Å². The number of aromatic nitrogens is 2. The van der Waals surface area contributed by atoms with Gasteiger partial charge < -0.3 is 5.73 Å². The Hall–Kier alpha value is -2.37. The Balaban J connectivity index is 2.63. The van der Waals surface area contributed by atoms with E-state index in [9.17, 15) is 10.1 Å². The van der Waals surface area contributed by atoms with Gasteiger partial charge in [-0.05, 0) is 12.5 Å².